The van der Waals surface area contributed by atoms with E-state index in [1.807, 2.05) is 6.92 Å². The van der Waals surface area contributed by atoms with E-state index in [4.69, 9.17) is 28.3 Å². The Kier molecular flexibility index (Phi) is 11.0. The first kappa shape index (κ1) is 23.2. The van der Waals surface area contributed by atoms with Crippen LogP contribution in [0.5, 0.6) is 0 Å². The minimum atomic E-state index is -3.52. The molecule has 0 saturated heterocycles. The summed E-state index contributed by atoms with van der Waals surface area (Å²) in [5.41, 5.74) is 1.74. The number of rotatable bonds is 3. The molecule has 0 aliphatic rings. The van der Waals surface area contributed by atoms with Crippen molar-refractivity contribution < 1.29 is 8.42 Å². The second kappa shape index (κ2) is 10.9. The third-order valence-corrected chi connectivity index (χ3v) is 4.12. The van der Waals surface area contributed by atoms with Crippen molar-refractivity contribution in [2.75, 3.05) is 0 Å². The van der Waals surface area contributed by atoms with Gasteiger partial charge in [-0.3, -0.25) is 0 Å². The zero-order chi connectivity index (χ0) is 16.8. The standard InChI is InChI=1S/C7H6Cl2N2.C7H9NO2S.K.H/c1-2-3-5-6(8)10-4-11-7(5)9;1-6-2-4-7(5-3-6)11(8,9)10;;/h2,4H,1,3H2;2-5H,1H3,(H2,8,9,10);;. The number of nitrogens with zero attached hydrogens (tertiary/aromatic N) is 2. The van der Waals surface area contributed by atoms with Crippen LogP contribution in [0.15, 0.2) is 48.1 Å². The van der Waals surface area contributed by atoms with Gasteiger partial charge in [-0.25, -0.2) is 23.5 Å². The van der Waals surface area contributed by atoms with Gasteiger partial charge in [-0.05, 0) is 25.5 Å². The monoisotopic (exact) mass is 399 g/mol. The number of primary sulfonamides is 1. The summed E-state index contributed by atoms with van der Waals surface area (Å²) in [7, 11) is -3.52. The Morgan fingerprint density at radius 3 is 2.04 bits per heavy atom. The van der Waals surface area contributed by atoms with Gasteiger partial charge in [0.1, 0.15) is 16.6 Å². The Morgan fingerprint density at radius 1 is 1.17 bits per heavy atom. The summed E-state index contributed by atoms with van der Waals surface area (Å²) in [6.45, 7) is 5.45. The van der Waals surface area contributed by atoms with E-state index in [0.29, 0.717) is 16.7 Å². The van der Waals surface area contributed by atoms with Crippen molar-refractivity contribution in [2.24, 2.45) is 5.14 Å². The Labute approximate surface area is 188 Å². The number of hydrogen-bond donors (Lipinski definition) is 1. The number of allylic oxidation sites excluding steroid dienone is 1. The van der Waals surface area contributed by atoms with Crippen LogP contribution in [0.1, 0.15) is 11.1 Å². The Hall–Kier alpha value is 0.166. The maximum atomic E-state index is 10.7. The number of nitrogens with two attached hydrogens (primary N) is 1. The molecule has 0 radical (unpaired) electrons. The molecule has 23 heavy (non-hydrogen) atoms. The van der Waals surface area contributed by atoms with Crippen molar-refractivity contribution in [3.63, 3.8) is 0 Å². The summed E-state index contributed by atoms with van der Waals surface area (Å²) in [5.74, 6) is 0. The van der Waals surface area contributed by atoms with Crippen LogP contribution in [0.2, 0.25) is 10.3 Å². The molecule has 0 amide bonds. The second-order valence-electron chi connectivity index (χ2n) is 4.28. The molecule has 0 unspecified atom stereocenters. The van der Waals surface area contributed by atoms with Crippen LogP contribution in [0, 0.1) is 6.92 Å². The molecule has 0 atom stereocenters. The predicted octanol–water partition coefficient (Wildman–Crippen LogP) is 2.51. The van der Waals surface area contributed by atoms with Crippen molar-refractivity contribution in [3.8, 4) is 0 Å². The molecule has 2 rings (SSSR count). The Balaban J connectivity index is 0.000000403. The van der Waals surface area contributed by atoms with Gasteiger partial charge >= 0.3 is 51.4 Å². The third-order valence-electron chi connectivity index (χ3n) is 2.54. The summed E-state index contributed by atoms with van der Waals surface area (Å²) in [5, 5.41) is 5.67. The Bertz CT molecular complexity index is 733. The van der Waals surface area contributed by atoms with Gasteiger partial charge in [-0.15, -0.1) is 6.58 Å². The summed E-state index contributed by atoms with van der Waals surface area (Å²) < 4.78 is 21.4. The fourth-order valence-corrected chi connectivity index (χ4v) is 2.40. The van der Waals surface area contributed by atoms with E-state index in [1.54, 1.807) is 18.2 Å². The van der Waals surface area contributed by atoms with Gasteiger partial charge in [0.05, 0.1) is 4.90 Å². The molecule has 1 heterocycles. The first-order valence-corrected chi connectivity index (χ1v) is 8.41. The van der Waals surface area contributed by atoms with Crippen LogP contribution in [0.4, 0.5) is 0 Å². The van der Waals surface area contributed by atoms with Gasteiger partial charge in [0, 0.05) is 5.56 Å². The quantitative estimate of drug-likeness (QED) is 0.487. The van der Waals surface area contributed by atoms with Crippen LogP contribution in [-0.4, -0.2) is 69.8 Å². The number of benzene rings is 1. The molecule has 9 heteroatoms. The maximum absolute atomic E-state index is 10.7. The molecule has 120 valence electrons. The first-order chi connectivity index (χ1) is 10.3. The van der Waals surface area contributed by atoms with Gasteiger partial charge in [-0.2, -0.15) is 0 Å². The molecule has 1 aromatic carbocycles. The zero-order valence-electron chi connectivity index (χ0n) is 11.8. The minimum absolute atomic E-state index is 0. The first-order valence-electron chi connectivity index (χ1n) is 6.11. The molecule has 1 aromatic heterocycles. The van der Waals surface area contributed by atoms with Gasteiger partial charge < -0.3 is 0 Å². The van der Waals surface area contributed by atoms with Crippen LogP contribution in [0.3, 0.4) is 0 Å². The number of hydrogen-bond acceptors (Lipinski definition) is 4. The molecule has 0 fully saturated rings. The molecular weight excluding hydrogens is 384 g/mol. The molecule has 0 bridgehead atoms. The average molecular weight is 400 g/mol. The molecule has 0 aliphatic carbocycles. The fourth-order valence-electron chi connectivity index (χ4n) is 1.41. The van der Waals surface area contributed by atoms with E-state index in [-0.39, 0.29) is 56.3 Å². The van der Waals surface area contributed by atoms with E-state index in [9.17, 15) is 8.42 Å². The summed E-state index contributed by atoms with van der Waals surface area (Å²) in [6.07, 6.45) is 3.63. The van der Waals surface area contributed by atoms with E-state index < -0.39 is 10.0 Å². The molecule has 0 spiro atoms. The van der Waals surface area contributed by atoms with Gasteiger partial charge in [0.2, 0.25) is 10.0 Å². The second-order valence-corrected chi connectivity index (χ2v) is 6.56. The summed E-state index contributed by atoms with van der Waals surface area (Å²) in [4.78, 5) is 7.72. The zero-order valence-corrected chi connectivity index (χ0v) is 14.2. The van der Waals surface area contributed by atoms with Crippen molar-refractivity contribution in [1.82, 2.24) is 9.97 Å². The van der Waals surface area contributed by atoms with Crippen LogP contribution in [0.25, 0.3) is 0 Å². The average Bonchev–Trinajstić information content (AvgIpc) is 2.43. The number of halogens is 2. The van der Waals surface area contributed by atoms with Gasteiger partial charge in [0.15, 0.2) is 0 Å². The van der Waals surface area contributed by atoms with Crippen molar-refractivity contribution in [1.29, 1.82) is 0 Å². The summed E-state index contributed by atoms with van der Waals surface area (Å²) in [6, 6.07) is 6.40. The number of sulfonamides is 1. The molecule has 0 saturated carbocycles. The molecule has 5 nitrogen and oxygen atoms in total. The normalized spacial score (nSPS) is 10.1. The number of aryl methyl sites for hydroxylation is 1. The van der Waals surface area contributed by atoms with Gasteiger partial charge in [0.25, 0.3) is 0 Å². The molecular formula is C14H16Cl2KN3O2S. The van der Waals surface area contributed by atoms with E-state index in [2.05, 4.69) is 16.5 Å². The van der Waals surface area contributed by atoms with Crippen molar-refractivity contribution >= 4 is 84.6 Å². The topological polar surface area (TPSA) is 85.9 Å². The van der Waals surface area contributed by atoms with Gasteiger partial charge in [-0.1, -0.05) is 47.0 Å². The van der Waals surface area contributed by atoms with Crippen LogP contribution < -0.4 is 5.14 Å². The van der Waals surface area contributed by atoms with Crippen LogP contribution in [-0.2, 0) is 16.4 Å². The molecule has 0 aliphatic heterocycles. The molecule has 2 N–H and O–H groups in total. The van der Waals surface area contributed by atoms with E-state index >= 15 is 0 Å². The third kappa shape index (κ3) is 8.20. The summed E-state index contributed by atoms with van der Waals surface area (Å²) >= 11 is 11.4. The van der Waals surface area contributed by atoms with E-state index in [1.165, 1.54) is 18.5 Å². The Morgan fingerprint density at radius 2 is 1.65 bits per heavy atom. The molecule has 2 aromatic rings. The van der Waals surface area contributed by atoms with Crippen molar-refractivity contribution in [2.45, 2.75) is 18.2 Å². The fraction of sp³-hybridized carbons (Fsp3) is 0.143. The number of aromatic nitrogens is 2. The van der Waals surface area contributed by atoms with E-state index in [0.717, 1.165) is 11.1 Å². The predicted molar refractivity (Wildman–Crippen MR) is 95.7 cm³/mol. The van der Waals surface area contributed by atoms with Crippen molar-refractivity contribution in [3.05, 3.63) is 64.7 Å². The SMILES string of the molecule is C=CCc1c(Cl)ncnc1Cl.Cc1ccc(S(N)(=O)=O)cc1.[KH]. The van der Waals surface area contributed by atoms with Crippen LogP contribution >= 0.6 is 23.2 Å².